The van der Waals surface area contributed by atoms with Gasteiger partial charge in [-0.25, -0.2) is 9.38 Å². The van der Waals surface area contributed by atoms with Crippen LogP contribution in [-0.2, 0) is 0 Å². The first-order chi connectivity index (χ1) is 12.5. The Morgan fingerprint density at radius 1 is 1.08 bits per heavy atom. The lowest BCUT2D eigenvalue weighted by atomic mass is 10.1. The Morgan fingerprint density at radius 2 is 1.77 bits per heavy atom. The van der Waals surface area contributed by atoms with Gasteiger partial charge in [0, 0.05) is 31.7 Å². The third-order valence-electron chi connectivity index (χ3n) is 4.45. The van der Waals surface area contributed by atoms with Crippen molar-refractivity contribution in [1.82, 2.24) is 15.1 Å². The highest BCUT2D eigenvalue weighted by atomic mass is 19.1. The first kappa shape index (κ1) is 18.1. The third kappa shape index (κ3) is 4.46. The number of hydrogen-bond acceptors (Lipinski definition) is 3. The van der Waals surface area contributed by atoms with Crippen molar-refractivity contribution in [1.29, 1.82) is 0 Å². The molecule has 2 aromatic rings. The number of nitrogens with one attached hydrogen (secondary N) is 1. The molecule has 1 N–H and O–H groups in total. The lowest BCUT2D eigenvalue weighted by molar-refractivity contribution is 0.0969. The fourth-order valence-electron chi connectivity index (χ4n) is 2.73. The number of benzene rings is 2. The van der Waals surface area contributed by atoms with E-state index in [0.29, 0.717) is 11.5 Å². The fraction of sp³-hybridized carbons (Fsp3) is 0.300. The maximum absolute atomic E-state index is 13.8. The minimum Gasteiger partial charge on any atom is -0.340 e. The molecule has 3 rings (SSSR count). The van der Waals surface area contributed by atoms with E-state index in [4.69, 9.17) is 0 Å². The molecule has 1 fully saturated rings. The van der Waals surface area contributed by atoms with E-state index in [0.717, 1.165) is 31.9 Å². The van der Waals surface area contributed by atoms with Gasteiger partial charge in [-0.15, -0.1) is 0 Å². The van der Waals surface area contributed by atoms with Crippen LogP contribution in [0.5, 0.6) is 0 Å². The van der Waals surface area contributed by atoms with Crippen molar-refractivity contribution in [2.75, 3.05) is 33.2 Å². The Kier molecular flexibility index (Phi) is 5.63. The molecule has 136 valence electrons. The van der Waals surface area contributed by atoms with Crippen molar-refractivity contribution in [2.24, 2.45) is 4.99 Å². The summed E-state index contributed by atoms with van der Waals surface area (Å²) in [6.45, 7) is 4.99. The number of likely N-dealkylation sites (N-methyl/N-ethyl adjacent to an activating group) is 1. The van der Waals surface area contributed by atoms with Crippen molar-refractivity contribution in [3.63, 3.8) is 0 Å². The predicted molar refractivity (Wildman–Crippen MR) is 101 cm³/mol. The largest absolute Gasteiger partial charge is 0.340 e. The van der Waals surface area contributed by atoms with Crippen LogP contribution in [0.1, 0.15) is 15.9 Å². The average molecular weight is 354 g/mol. The Hall–Kier alpha value is -2.73. The molecule has 6 heteroatoms. The number of guanidine groups is 1. The molecule has 1 heterocycles. The zero-order valence-electron chi connectivity index (χ0n) is 15.1. The molecule has 1 aliphatic rings. The minimum absolute atomic E-state index is 0.281. The molecule has 26 heavy (non-hydrogen) atoms. The molecule has 0 aliphatic carbocycles. The molecule has 1 aliphatic heterocycles. The smallest absolute Gasteiger partial charge is 0.258 e. The van der Waals surface area contributed by atoms with Gasteiger partial charge >= 0.3 is 0 Å². The van der Waals surface area contributed by atoms with E-state index >= 15 is 0 Å². The standard InChI is InChI=1S/C20H23FN4O/c1-15-8-9-16(14-18(15)21)19(26)23-20(22-17-6-4-3-5-7-17)25-12-10-24(2)11-13-25/h3-9,14H,10-13H2,1-2H3,(H,22,23,26). The van der Waals surface area contributed by atoms with Gasteiger partial charge in [0.15, 0.2) is 0 Å². The normalized spacial score (nSPS) is 15.8. The Balaban J connectivity index is 1.84. The van der Waals surface area contributed by atoms with Crippen molar-refractivity contribution < 1.29 is 9.18 Å². The van der Waals surface area contributed by atoms with Gasteiger partial charge < -0.3 is 9.80 Å². The van der Waals surface area contributed by atoms with Crippen molar-refractivity contribution >= 4 is 17.6 Å². The zero-order chi connectivity index (χ0) is 18.5. The predicted octanol–water partition coefficient (Wildman–Crippen LogP) is 2.80. The van der Waals surface area contributed by atoms with Gasteiger partial charge in [-0.3, -0.25) is 10.1 Å². The average Bonchev–Trinajstić information content (AvgIpc) is 2.65. The molecule has 0 aromatic heterocycles. The van der Waals surface area contributed by atoms with Crippen LogP contribution in [0, 0.1) is 12.7 Å². The number of carbonyl (C=O) groups is 1. The van der Waals surface area contributed by atoms with E-state index in [1.807, 2.05) is 30.3 Å². The van der Waals surface area contributed by atoms with Crippen molar-refractivity contribution in [3.05, 3.63) is 65.5 Å². The second-order valence-electron chi connectivity index (χ2n) is 6.48. The molecule has 0 atom stereocenters. The van der Waals surface area contributed by atoms with Crippen LogP contribution >= 0.6 is 0 Å². The second kappa shape index (κ2) is 8.10. The van der Waals surface area contributed by atoms with Crippen LogP contribution in [0.4, 0.5) is 10.1 Å². The molecule has 0 bridgehead atoms. The van der Waals surface area contributed by atoms with Gasteiger partial charge in [0.05, 0.1) is 5.69 Å². The fourth-order valence-corrected chi connectivity index (χ4v) is 2.73. The summed E-state index contributed by atoms with van der Waals surface area (Å²) in [5.41, 5.74) is 1.55. The summed E-state index contributed by atoms with van der Waals surface area (Å²) in [5, 5.41) is 2.86. The highest BCUT2D eigenvalue weighted by molar-refractivity contribution is 6.06. The molecular formula is C20H23FN4O. The number of piperazine rings is 1. The summed E-state index contributed by atoms with van der Waals surface area (Å²) >= 11 is 0. The molecule has 1 amide bonds. The molecule has 5 nitrogen and oxygen atoms in total. The second-order valence-corrected chi connectivity index (χ2v) is 6.48. The number of aliphatic imine (C=N–C) groups is 1. The number of rotatable bonds is 2. The van der Waals surface area contributed by atoms with Crippen LogP contribution in [-0.4, -0.2) is 54.9 Å². The summed E-state index contributed by atoms with van der Waals surface area (Å²) in [7, 11) is 2.07. The monoisotopic (exact) mass is 354 g/mol. The molecule has 1 saturated heterocycles. The van der Waals surface area contributed by atoms with Gasteiger partial charge in [0.25, 0.3) is 5.91 Å². The number of aryl methyl sites for hydroxylation is 1. The maximum atomic E-state index is 13.8. The van der Waals surface area contributed by atoms with Gasteiger partial charge in [-0.05, 0) is 43.8 Å². The Bertz CT molecular complexity index is 799. The van der Waals surface area contributed by atoms with Crippen LogP contribution < -0.4 is 5.32 Å². The zero-order valence-corrected chi connectivity index (χ0v) is 15.1. The molecule has 2 aromatic carbocycles. The highest BCUT2D eigenvalue weighted by Gasteiger charge is 2.20. The minimum atomic E-state index is -0.390. The van der Waals surface area contributed by atoms with Crippen LogP contribution in [0.3, 0.4) is 0 Å². The summed E-state index contributed by atoms with van der Waals surface area (Å²) in [5.74, 6) is -0.258. The van der Waals surface area contributed by atoms with Crippen molar-refractivity contribution in [3.8, 4) is 0 Å². The van der Waals surface area contributed by atoms with Gasteiger partial charge in [-0.2, -0.15) is 0 Å². The lowest BCUT2D eigenvalue weighted by Crippen LogP contribution is -2.52. The molecule has 0 saturated carbocycles. The quantitative estimate of drug-likeness (QED) is 0.666. The lowest BCUT2D eigenvalue weighted by Gasteiger charge is -2.34. The molecule has 0 unspecified atom stereocenters. The summed E-state index contributed by atoms with van der Waals surface area (Å²) in [6, 6.07) is 14.0. The SMILES string of the molecule is Cc1ccc(C(=O)NC(=Nc2ccccc2)N2CCN(C)CC2)cc1F. The number of para-hydroxylation sites is 1. The summed E-state index contributed by atoms with van der Waals surface area (Å²) in [6.07, 6.45) is 0. The van der Waals surface area contributed by atoms with E-state index in [-0.39, 0.29) is 11.5 Å². The maximum Gasteiger partial charge on any atom is 0.258 e. The Morgan fingerprint density at radius 3 is 2.42 bits per heavy atom. The number of carbonyl (C=O) groups excluding carboxylic acids is 1. The summed E-state index contributed by atoms with van der Waals surface area (Å²) in [4.78, 5) is 21.5. The first-order valence-corrected chi connectivity index (χ1v) is 8.67. The Labute approximate surface area is 153 Å². The van der Waals surface area contributed by atoms with Crippen molar-refractivity contribution in [2.45, 2.75) is 6.92 Å². The summed E-state index contributed by atoms with van der Waals surface area (Å²) < 4.78 is 13.8. The van der Waals surface area contributed by atoms with Crippen LogP contribution in [0.25, 0.3) is 0 Å². The molecule has 0 radical (unpaired) electrons. The number of halogens is 1. The van der Waals surface area contributed by atoms with E-state index in [1.54, 1.807) is 19.1 Å². The number of hydrogen-bond donors (Lipinski definition) is 1. The van der Waals surface area contributed by atoms with E-state index in [1.165, 1.54) is 6.07 Å². The molecule has 0 spiro atoms. The van der Waals surface area contributed by atoms with Crippen LogP contribution in [0.2, 0.25) is 0 Å². The van der Waals surface area contributed by atoms with E-state index < -0.39 is 5.82 Å². The topological polar surface area (TPSA) is 47.9 Å². The van der Waals surface area contributed by atoms with Gasteiger partial charge in [-0.1, -0.05) is 24.3 Å². The highest BCUT2D eigenvalue weighted by Crippen LogP contribution is 2.13. The van der Waals surface area contributed by atoms with Crippen LogP contribution in [0.15, 0.2) is 53.5 Å². The third-order valence-corrected chi connectivity index (χ3v) is 4.45. The van der Waals surface area contributed by atoms with E-state index in [2.05, 4.69) is 27.2 Å². The molecular weight excluding hydrogens is 331 g/mol. The number of amides is 1. The van der Waals surface area contributed by atoms with Gasteiger partial charge in [0.1, 0.15) is 5.82 Å². The number of nitrogens with zero attached hydrogens (tertiary/aromatic N) is 3. The van der Waals surface area contributed by atoms with E-state index in [9.17, 15) is 9.18 Å². The van der Waals surface area contributed by atoms with Gasteiger partial charge in [0.2, 0.25) is 5.96 Å². The first-order valence-electron chi connectivity index (χ1n) is 8.67.